The summed E-state index contributed by atoms with van der Waals surface area (Å²) in [5.41, 5.74) is 1.08. The molecule has 1 rings (SSSR count). The average Bonchev–Trinajstić information content (AvgIpc) is 2.37. The van der Waals surface area contributed by atoms with Gasteiger partial charge in [0, 0.05) is 20.2 Å². The van der Waals surface area contributed by atoms with Crippen molar-refractivity contribution in [1.29, 1.82) is 0 Å². The number of benzene rings is 1. The van der Waals surface area contributed by atoms with E-state index in [0.29, 0.717) is 4.47 Å². The summed E-state index contributed by atoms with van der Waals surface area (Å²) < 4.78 is 18.5. The van der Waals surface area contributed by atoms with Gasteiger partial charge in [0.25, 0.3) is 0 Å². The first-order chi connectivity index (χ1) is 8.74. The monoisotopic (exact) mass is 318 g/mol. The minimum absolute atomic E-state index is 0.221. The number of methoxy groups -OCH3 is 1. The van der Waals surface area contributed by atoms with Gasteiger partial charge in [0.05, 0.1) is 11.1 Å². The van der Waals surface area contributed by atoms with Gasteiger partial charge in [-0.3, -0.25) is 0 Å². The molecule has 0 amide bonds. The van der Waals surface area contributed by atoms with Gasteiger partial charge in [0.1, 0.15) is 5.82 Å². The zero-order valence-electron chi connectivity index (χ0n) is 10.6. The Morgan fingerprint density at radius 3 is 2.72 bits per heavy atom. The van der Waals surface area contributed by atoms with Crippen molar-refractivity contribution in [1.82, 2.24) is 10.6 Å². The quantitative estimate of drug-likeness (QED) is 0.685. The van der Waals surface area contributed by atoms with Gasteiger partial charge in [-0.25, -0.2) is 4.39 Å². The molecule has 0 radical (unpaired) electrons. The molecule has 0 fully saturated rings. The van der Waals surface area contributed by atoms with Crippen LogP contribution in [0, 0.1) is 5.82 Å². The van der Waals surface area contributed by atoms with E-state index < -0.39 is 0 Å². The van der Waals surface area contributed by atoms with Crippen LogP contribution in [0.3, 0.4) is 0 Å². The molecule has 0 saturated heterocycles. The summed E-state index contributed by atoms with van der Waals surface area (Å²) in [6, 6.07) is 5.08. The zero-order chi connectivity index (χ0) is 13.2. The predicted octanol–water partition coefficient (Wildman–Crippen LogP) is 2.30. The SMILES string of the molecule is COCCNCCCNCc1ccc(F)c(Br)c1. The summed E-state index contributed by atoms with van der Waals surface area (Å²) >= 11 is 3.18. The molecule has 0 aromatic heterocycles. The molecule has 0 aliphatic carbocycles. The highest BCUT2D eigenvalue weighted by atomic mass is 79.9. The number of ether oxygens (including phenoxy) is 1. The van der Waals surface area contributed by atoms with Gasteiger partial charge in [-0.15, -0.1) is 0 Å². The first-order valence-corrected chi connectivity index (χ1v) is 6.87. The summed E-state index contributed by atoms with van der Waals surface area (Å²) in [4.78, 5) is 0. The van der Waals surface area contributed by atoms with Crippen molar-refractivity contribution < 1.29 is 9.13 Å². The number of hydrogen-bond donors (Lipinski definition) is 2. The van der Waals surface area contributed by atoms with E-state index in [1.165, 1.54) is 6.07 Å². The molecule has 0 saturated carbocycles. The Morgan fingerprint density at radius 1 is 1.22 bits per heavy atom. The van der Waals surface area contributed by atoms with Crippen molar-refractivity contribution in [2.45, 2.75) is 13.0 Å². The Labute approximate surface area is 116 Å². The summed E-state index contributed by atoms with van der Waals surface area (Å²) in [7, 11) is 1.70. The molecule has 0 atom stereocenters. The molecule has 0 aliphatic heterocycles. The fourth-order valence-corrected chi connectivity index (χ4v) is 1.95. The predicted molar refractivity (Wildman–Crippen MR) is 75.2 cm³/mol. The maximum absolute atomic E-state index is 13.0. The van der Waals surface area contributed by atoms with Crippen LogP contribution in [0.5, 0.6) is 0 Å². The van der Waals surface area contributed by atoms with Crippen LogP contribution < -0.4 is 10.6 Å². The molecule has 102 valence electrons. The van der Waals surface area contributed by atoms with Crippen molar-refractivity contribution in [2.75, 3.05) is 33.4 Å². The lowest BCUT2D eigenvalue weighted by Gasteiger charge is -2.07. The lowest BCUT2D eigenvalue weighted by Crippen LogP contribution is -2.24. The molecular formula is C13H20BrFN2O. The smallest absolute Gasteiger partial charge is 0.137 e. The summed E-state index contributed by atoms with van der Waals surface area (Å²) in [6.07, 6.45) is 1.06. The number of hydrogen-bond acceptors (Lipinski definition) is 3. The molecule has 0 aliphatic rings. The molecule has 0 heterocycles. The lowest BCUT2D eigenvalue weighted by atomic mass is 10.2. The van der Waals surface area contributed by atoms with Gasteiger partial charge < -0.3 is 15.4 Å². The molecule has 3 nitrogen and oxygen atoms in total. The first-order valence-electron chi connectivity index (χ1n) is 6.08. The summed E-state index contributed by atoms with van der Waals surface area (Å²) in [6.45, 7) is 4.31. The Morgan fingerprint density at radius 2 is 2.00 bits per heavy atom. The van der Waals surface area contributed by atoms with Crippen molar-refractivity contribution >= 4 is 15.9 Å². The Balaban J connectivity index is 2.05. The number of nitrogens with one attached hydrogen (secondary N) is 2. The number of halogens is 2. The molecule has 0 spiro atoms. The third-order valence-electron chi connectivity index (χ3n) is 2.50. The third kappa shape index (κ3) is 6.44. The van der Waals surface area contributed by atoms with Crippen molar-refractivity contribution in [3.05, 3.63) is 34.1 Å². The van der Waals surface area contributed by atoms with Crippen molar-refractivity contribution in [3.8, 4) is 0 Å². The minimum Gasteiger partial charge on any atom is -0.383 e. The summed E-state index contributed by atoms with van der Waals surface area (Å²) in [5.74, 6) is -0.221. The Bertz CT molecular complexity index is 350. The molecule has 0 bridgehead atoms. The lowest BCUT2D eigenvalue weighted by molar-refractivity contribution is 0.199. The van der Waals surface area contributed by atoms with E-state index in [1.807, 2.05) is 0 Å². The van der Waals surface area contributed by atoms with Crippen LogP contribution in [0.25, 0.3) is 0 Å². The summed E-state index contributed by atoms with van der Waals surface area (Å²) in [5, 5.41) is 6.60. The molecule has 5 heteroatoms. The van der Waals surface area contributed by atoms with Crippen LogP contribution in [-0.2, 0) is 11.3 Å². The van der Waals surface area contributed by atoms with Gasteiger partial charge in [0.2, 0.25) is 0 Å². The molecule has 2 N–H and O–H groups in total. The van der Waals surface area contributed by atoms with E-state index in [1.54, 1.807) is 19.2 Å². The molecule has 0 unspecified atom stereocenters. The minimum atomic E-state index is -0.221. The molecule has 1 aromatic rings. The van der Waals surface area contributed by atoms with E-state index in [9.17, 15) is 4.39 Å². The topological polar surface area (TPSA) is 33.3 Å². The highest BCUT2D eigenvalue weighted by Gasteiger charge is 1.99. The van der Waals surface area contributed by atoms with Crippen LogP contribution in [0.15, 0.2) is 22.7 Å². The fourth-order valence-electron chi connectivity index (χ4n) is 1.52. The van der Waals surface area contributed by atoms with Gasteiger partial charge >= 0.3 is 0 Å². The maximum atomic E-state index is 13.0. The van der Waals surface area contributed by atoms with Crippen LogP contribution in [0.1, 0.15) is 12.0 Å². The van der Waals surface area contributed by atoms with Crippen LogP contribution in [-0.4, -0.2) is 33.4 Å². The molecular weight excluding hydrogens is 299 g/mol. The van der Waals surface area contributed by atoms with Crippen molar-refractivity contribution in [2.24, 2.45) is 0 Å². The highest BCUT2D eigenvalue weighted by Crippen LogP contribution is 2.16. The van der Waals surface area contributed by atoms with Crippen LogP contribution in [0.4, 0.5) is 4.39 Å². The van der Waals surface area contributed by atoms with Gasteiger partial charge in [-0.2, -0.15) is 0 Å². The fraction of sp³-hybridized carbons (Fsp3) is 0.538. The van der Waals surface area contributed by atoms with Gasteiger partial charge in [-0.1, -0.05) is 6.07 Å². The molecule has 18 heavy (non-hydrogen) atoms. The van der Waals surface area contributed by atoms with E-state index in [-0.39, 0.29) is 5.82 Å². The number of rotatable bonds is 9. The van der Waals surface area contributed by atoms with Crippen LogP contribution in [0.2, 0.25) is 0 Å². The van der Waals surface area contributed by atoms with E-state index in [4.69, 9.17) is 4.74 Å². The second-order valence-electron chi connectivity index (χ2n) is 4.02. The normalized spacial score (nSPS) is 10.8. The maximum Gasteiger partial charge on any atom is 0.137 e. The van der Waals surface area contributed by atoms with E-state index >= 15 is 0 Å². The second kappa shape index (κ2) is 9.44. The second-order valence-corrected chi connectivity index (χ2v) is 4.88. The van der Waals surface area contributed by atoms with Gasteiger partial charge in [0.15, 0.2) is 0 Å². The zero-order valence-corrected chi connectivity index (χ0v) is 12.2. The van der Waals surface area contributed by atoms with Gasteiger partial charge in [-0.05, 0) is 53.1 Å². The first kappa shape index (κ1) is 15.6. The average molecular weight is 319 g/mol. The standard InChI is InChI=1S/C13H20BrFN2O/c1-18-8-7-16-5-2-6-17-10-11-3-4-13(15)12(14)9-11/h3-4,9,16-17H,2,5-8,10H2,1H3. The largest absolute Gasteiger partial charge is 0.383 e. The third-order valence-corrected chi connectivity index (χ3v) is 3.11. The Kier molecular flexibility index (Phi) is 8.17. The van der Waals surface area contributed by atoms with E-state index in [0.717, 1.165) is 44.8 Å². The Hall–Kier alpha value is -0.490. The molecule has 1 aromatic carbocycles. The van der Waals surface area contributed by atoms with E-state index in [2.05, 4.69) is 26.6 Å². The van der Waals surface area contributed by atoms with Crippen molar-refractivity contribution in [3.63, 3.8) is 0 Å². The van der Waals surface area contributed by atoms with Crippen LogP contribution >= 0.6 is 15.9 Å². The highest BCUT2D eigenvalue weighted by molar-refractivity contribution is 9.10.